The van der Waals surface area contributed by atoms with Crippen LogP contribution in [0.2, 0.25) is 0 Å². The van der Waals surface area contributed by atoms with Gasteiger partial charge in [0.15, 0.2) is 0 Å². The third-order valence-electron chi connectivity index (χ3n) is 3.78. The minimum atomic E-state index is -4.40. The topological polar surface area (TPSA) is 68.0 Å². The Morgan fingerprint density at radius 1 is 1.16 bits per heavy atom. The van der Waals surface area contributed by atoms with Gasteiger partial charge in [-0.15, -0.1) is 0 Å². The number of alkyl halides is 3. The molecule has 0 aliphatic rings. The van der Waals surface area contributed by atoms with E-state index in [9.17, 15) is 13.2 Å². The van der Waals surface area contributed by atoms with Gasteiger partial charge in [0.1, 0.15) is 12.1 Å². The second-order valence-electron chi connectivity index (χ2n) is 6.09. The van der Waals surface area contributed by atoms with Gasteiger partial charge in [0.2, 0.25) is 0 Å². The van der Waals surface area contributed by atoms with E-state index in [1.807, 2.05) is 20.8 Å². The summed E-state index contributed by atoms with van der Waals surface area (Å²) in [5.41, 5.74) is 0.508. The lowest BCUT2D eigenvalue weighted by Gasteiger charge is -2.23. The van der Waals surface area contributed by atoms with Gasteiger partial charge in [0, 0.05) is 18.0 Å². The average molecular weight is 350 g/mol. The van der Waals surface area contributed by atoms with Gasteiger partial charge in [0.25, 0.3) is 5.78 Å². The van der Waals surface area contributed by atoms with Gasteiger partial charge >= 0.3 is 6.18 Å². The van der Waals surface area contributed by atoms with Crippen LogP contribution in [0.3, 0.4) is 0 Å². The SMILES string of the molecule is Cc1cc(N[C@H](c2ccc(C(F)(F)F)cn2)C(C)C)n2ncnc2n1. The molecule has 0 spiro atoms. The van der Waals surface area contributed by atoms with E-state index in [0.29, 0.717) is 17.3 Å². The Kier molecular flexibility index (Phi) is 4.32. The predicted octanol–water partition coefficient (Wildman–Crippen LogP) is 3.66. The number of halogens is 3. The quantitative estimate of drug-likeness (QED) is 0.778. The highest BCUT2D eigenvalue weighted by Crippen LogP contribution is 2.31. The standard InChI is InChI=1S/C16H17F3N6/c1-9(2)14(12-5-4-11(7-20-12)16(17,18)19)24-13-6-10(3)23-15-21-8-22-25(13)15/h4-9,14,24H,1-3H3/t14-/m0/s1. The van der Waals surface area contributed by atoms with Crippen molar-refractivity contribution in [2.24, 2.45) is 5.92 Å². The number of aromatic nitrogens is 5. The second kappa shape index (κ2) is 6.30. The molecule has 0 saturated carbocycles. The third-order valence-corrected chi connectivity index (χ3v) is 3.78. The fourth-order valence-corrected chi connectivity index (χ4v) is 2.53. The minimum Gasteiger partial charge on any atom is -0.361 e. The molecular weight excluding hydrogens is 333 g/mol. The highest BCUT2D eigenvalue weighted by atomic mass is 19.4. The van der Waals surface area contributed by atoms with Crippen molar-refractivity contribution in [3.63, 3.8) is 0 Å². The smallest absolute Gasteiger partial charge is 0.361 e. The van der Waals surface area contributed by atoms with Gasteiger partial charge in [-0.3, -0.25) is 4.98 Å². The number of hydrogen-bond donors (Lipinski definition) is 1. The lowest BCUT2D eigenvalue weighted by Crippen LogP contribution is -2.20. The molecular formula is C16H17F3N6. The average Bonchev–Trinajstić information content (AvgIpc) is 2.99. The van der Waals surface area contributed by atoms with E-state index in [4.69, 9.17) is 0 Å². The first-order valence-electron chi connectivity index (χ1n) is 7.73. The molecule has 3 aromatic rings. The molecule has 1 atom stereocenters. The Labute approximate surface area is 142 Å². The largest absolute Gasteiger partial charge is 0.417 e. The molecule has 0 aliphatic heterocycles. The number of anilines is 1. The van der Waals surface area contributed by atoms with Crippen LogP contribution in [0.25, 0.3) is 5.78 Å². The summed E-state index contributed by atoms with van der Waals surface area (Å²) in [7, 11) is 0. The Hall–Kier alpha value is -2.71. The van der Waals surface area contributed by atoms with Crippen LogP contribution in [-0.2, 0) is 6.18 Å². The Bertz CT molecular complexity index is 870. The Morgan fingerprint density at radius 2 is 1.92 bits per heavy atom. The molecule has 0 amide bonds. The lowest BCUT2D eigenvalue weighted by atomic mass is 10.00. The predicted molar refractivity (Wildman–Crippen MR) is 86.0 cm³/mol. The van der Waals surface area contributed by atoms with Gasteiger partial charge in [0.05, 0.1) is 17.3 Å². The van der Waals surface area contributed by atoms with Crippen molar-refractivity contribution >= 4 is 11.6 Å². The number of pyridine rings is 1. The van der Waals surface area contributed by atoms with Crippen molar-refractivity contribution in [2.75, 3.05) is 5.32 Å². The van der Waals surface area contributed by atoms with E-state index >= 15 is 0 Å². The van der Waals surface area contributed by atoms with E-state index in [0.717, 1.165) is 18.0 Å². The zero-order valence-electron chi connectivity index (χ0n) is 13.9. The molecule has 6 nitrogen and oxygen atoms in total. The van der Waals surface area contributed by atoms with Gasteiger partial charge in [-0.2, -0.15) is 27.8 Å². The summed E-state index contributed by atoms with van der Waals surface area (Å²) < 4.78 is 39.7. The summed E-state index contributed by atoms with van der Waals surface area (Å²) in [6, 6.07) is 3.95. The van der Waals surface area contributed by atoms with E-state index in [2.05, 4.69) is 25.4 Å². The summed E-state index contributed by atoms with van der Waals surface area (Å²) in [4.78, 5) is 12.3. The first-order valence-corrected chi connectivity index (χ1v) is 7.73. The van der Waals surface area contributed by atoms with Gasteiger partial charge in [-0.05, 0) is 25.0 Å². The molecule has 9 heteroatoms. The van der Waals surface area contributed by atoms with E-state index < -0.39 is 11.7 Å². The van der Waals surface area contributed by atoms with Crippen molar-refractivity contribution in [2.45, 2.75) is 33.0 Å². The molecule has 0 aromatic carbocycles. The molecule has 0 unspecified atom stereocenters. The van der Waals surface area contributed by atoms with E-state index in [1.54, 1.807) is 10.6 Å². The van der Waals surface area contributed by atoms with Crippen LogP contribution in [0.1, 0.15) is 36.8 Å². The maximum Gasteiger partial charge on any atom is 0.417 e. The van der Waals surface area contributed by atoms with Crippen molar-refractivity contribution in [1.82, 2.24) is 24.6 Å². The Balaban J connectivity index is 1.95. The van der Waals surface area contributed by atoms with Crippen LogP contribution < -0.4 is 5.32 Å². The van der Waals surface area contributed by atoms with Gasteiger partial charge in [-0.1, -0.05) is 13.8 Å². The highest BCUT2D eigenvalue weighted by Gasteiger charge is 2.31. The molecule has 0 aliphatic carbocycles. The molecule has 3 rings (SSSR count). The number of nitrogens with zero attached hydrogens (tertiary/aromatic N) is 5. The number of rotatable bonds is 4. The number of fused-ring (bicyclic) bond motifs is 1. The molecule has 0 fully saturated rings. The van der Waals surface area contributed by atoms with Crippen molar-refractivity contribution in [3.8, 4) is 0 Å². The second-order valence-corrected chi connectivity index (χ2v) is 6.09. The third kappa shape index (κ3) is 3.54. The van der Waals surface area contributed by atoms with Crippen LogP contribution in [-0.4, -0.2) is 24.6 Å². The fraction of sp³-hybridized carbons (Fsp3) is 0.375. The monoisotopic (exact) mass is 350 g/mol. The maximum absolute atomic E-state index is 12.7. The number of hydrogen-bond acceptors (Lipinski definition) is 5. The van der Waals surface area contributed by atoms with E-state index in [1.165, 1.54) is 12.4 Å². The number of nitrogens with one attached hydrogen (secondary N) is 1. The minimum absolute atomic E-state index is 0.0799. The van der Waals surface area contributed by atoms with Crippen LogP contribution >= 0.6 is 0 Å². The normalized spacial score (nSPS) is 13.4. The zero-order valence-corrected chi connectivity index (χ0v) is 13.9. The molecule has 25 heavy (non-hydrogen) atoms. The molecule has 3 heterocycles. The number of aryl methyl sites for hydroxylation is 1. The van der Waals surface area contributed by atoms with E-state index in [-0.39, 0.29) is 12.0 Å². The summed E-state index contributed by atoms with van der Waals surface area (Å²) in [6.45, 7) is 5.76. The van der Waals surface area contributed by atoms with Crippen LogP contribution in [0.4, 0.5) is 19.0 Å². The van der Waals surface area contributed by atoms with Gasteiger partial charge < -0.3 is 5.32 Å². The fourth-order valence-electron chi connectivity index (χ4n) is 2.53. The van der Waals surface area contributed by atoms with Crippen LogP contribution in [0.5, 0.6) is 0 Å². The first-order chi connectivity index (χ1) is 11.8. The molecule has 0 saturated heterocycles. The van der Waals surface area contributed by atoms with Crippen molar-refractivity contribution in [3.05, 3.63) is 47.7 Å². The first kappa shape index (κ1) is 17.1. The lowest BCUT2D eigenvalue weighted by molar-refractivity contribution is -0.137. The van der Waals surface area contributed by atoms with Crippen molar-refractivity contribution in [1.29, 1.82) is 0 Å². The maximum atomic E-state index is 12.7. The highest BCUT2D eigenvalue weighted by molar-refractivity contribution is 5.46. The summed E-state index contributed by atoms with van der Waals surface area (Å²) in [5.74, 6) is 1.18. The zero-order chi connectivity index (χ0) is 18.2. The molecule has 3 aromatic heterocycles. The molecule has 132 valence electrons. The van der Waals surface area contributed by atoms with Crippen LogP contribution in [0, 0.1) is 12.8 Å². The molecule has 0 bridgehead atoms. The summed E-state index contributed by atoms with van der Waals surface area (Å²) in [6.07, 6.45) is -2.15. The summed E-state index contributed by atoms with van der Waals surface area (Å²) in [5, 5.41) is 7.42. The molecule has 0 radical (unpaired) electrons. The summed E-state index contributed by atoms with van der Waals surface area (Å²) >= 11 is 0. The Morgan fingerprint density at radius 3 is 2.52 bits per heavy atom. The van der Waals surface area contributed by atoms with Gasteiger partial charge in [-0.25, -0.2) is 4.98 Å². The van der Waals surface area contributed by atoms with Crippen molar-refractivity contribution < 1.29 is 13.2 Å². The molecule has 1 N–H and O–H groups in total. The van der Waals surface area contributed by atoms with Crippen LogP contribution in [0.15, 0.2) is 30.7 Å².